The summed E-state index contributed by atoms with van der Waals surface area (Å²) < 4.78 is 14.7. The second kappa shape index (κ2) is 7.57. The molecule has 0 unspecified atom stereocenters. The molecular formula is C20H22FN7O. The number of piperazine rings is 1. The highest BCUT2D eigenvalue weighted by molar-refractivity contribution is 5.98. The second-order valence-corrected chi connectivity index (χ2v) is 7.20. The highest BCUT2D eigenvalue weighted by atomic mass is 19.1. The van der Waals surface area contributed by atoms with Crippen molar-refractivity contribution in [2.45, 2.75) is 26.8 Å². The maximum atomic E-state index is 14.7. The molecule has 0 bridgehead atoms. The van der Waals surface area contributed by atoms with E-state index < -0.39 is 5.82 Å². The fourth-order valence-electron chi connectivity index (χ4n) is 3.66. The van der Waals surface area contributed by atoms with E-state index in [2.05, 4.69) is 25.1 Å². The minimum atomic E-state index is -0.586. The second-order valence-electron chi connectivity index (χ2n) is 7.20. The quantitative estimate of drug-likeness (QED) is 0.676. The van der Waals surface area contributed by atoms with E-state index in [1.807, 2.05) is 26.8 Å². The first kappa shape index (κ1) is 19.0. The molecule has 1 aliphatic rings. The molecule has 0 radical (unpaired) electrons. The van der Waals surface area contributed by atoms with Gasteiger partial charge in [-0.1, -0.05) is 6.07 Å². The Balaban J connectivity index is 1.59. The molecule has 4 rings (SSSR count). The van der Waals surface area contributed by atoms with Crippen LogP contribution in [0.1, 0.15) is 28.7 Å². The van der Waals surface area contributed by atoms with Crippen LogP contribution in [0.25, 0.3) is 5.69 Å². The first-order chi connectivity index (χ1) is 13.9. The smallest absolute Gasteiger partial charge is 0.259 e. The van der Waals surface area contributed by atoms with E-state index in [1.165, 1.54) is 23.3 Å². The van der Waals surface area contributed by atoms with Gasteiger partial charge in [0.15, 0.2) is 0 Å². The number of aryl methyl sites for hydroxylation is 2. The summed E-state index contributed by atoms with van der Waals surface area (Å²) in [6.45, 7) is 7.39. The Morgan fingerprint density at radius 2 is 1.79 bits per heavy atom. The van der Waals surface area contributed by atoms with Crippen molar-refractivity contribution in [2.75, 3.05) is 24.5 Å². The molecule has 29 heavy (non-hydrogen) atoms. The standard InChI is InChI=1S/C20H22FN7O/c1-13-11-14(2)25-20(24-13)26-9-10-27(15(3)12-26)19(29)18-16(21)5-4-6-17(18)28-22-7-8-23-28/h4-8,11,15H,9-10,12H2,1-3H3/t15-/m1/s1. The average Bonchev–Trinajstić information content (AvgIpc) is 3.21. The fourth-order valence-corrected chi connectivity index (χ4v) is 3.66. The molecule has 1 saturated heterocycles. The van der Waals surface area contributed by atoms with E-state index in [-0.39, 0.29) is 17.5 Å². The van der Waals surface area contributed by atoms with Crippen LogP contribution in [0.5, 0.6) is 0 Å². The zero-order chi connectivity index (χ0) is 20.5. The maximum absolute atomic E-state index is 14.7. The number of hydrogen-bond donors (Lipinski definition) is 0. The van der Waals surface area contributed by atoms with Crippen LogP contribution in [-0.2, 0) is 0 Å². The Labute approximate surface area is 168 Å². The van der Waals surface area contributed by atoms with E-state index >= 15 is 0 Å². The molecule has 3 aromatic rings. The lowest BCUT2D eigenvalue weighted by Crippen LogP contribution is -2.54. The lowest BCUT2D eigenvalue weighted by atomic mass is 10.1. The van der Waals surface area contributed by atoms with Gasteiger partial charge in [-0.25, -0.2) is 14.4 Å². The van der Waals surface area contributed by atoms with Gasteiger partial charge in [-0.05, 0) is 39.0 Å². The average molecular weight is 395 g/mol. The Morgan fingerprint density at radius 1 is 1.10 bits per heavy atom. The van der Waals surface area contributed by atoms with Crippen molar-refractivity contribution in [3.05, 3.63) is 59.4 Å². The lowest BCUT2D eigenvalue weighted by molar-refractivity contribution is 0.0668. The number of amides is 1. The van der Waals surface area contributed by atoms with Gasteiger partial charge in [-0.15, -0.1) is 0 Å². The highest BCUT2D eigenvalue weighted by Gasteiger charge is 2.32. The Morgan fingerprint density at radius 3 is 2.45 bits per heavy atom. The first-order valence-electron chi connectivity index (χ1n) is 9.47. The van der Waals surface area contributed by atoms with Crippen molar-refractivity contribution < 1.29 is 9.18 Å². The number of hydrogen-bond acceptors (Lipinski definition) is 6. The summed E-state index contributed by atoms with van der Waals surface area (Å²) in [6.07, 6.45) is 2.98. The monoisotopic (exact) mass is 395 g/mol. The molecule has 150 valence electrons. The molecule has 2 aromatic heterocycles. The minimum Gasteiger partial charge on any atom is -0.337 e. The molecule has 1 fully saturated rings. The molecule has 0 saturated carbocycles. The van der Waals surface area contributed by atoms with Crippen LogP contribution in [0.3, 0.4) is 0 Å². The van der Waals surface area contributed by atoms with Crippen LogP contribution < -0.4 is 4.90 Å². The molecule has 1 atom stereocenters. The molecule has 1 aromatic carbocycles. The largest absolute Gasteiger partial charge is 0.337 e. The number of anilines is 1. The van der Waals surface area contributed by atoms with Gasteiger partial charge in [0.2, 0.25) is 5.95 Å². The zero-order valence-electron chi connectivity index (χ0n) is 16.6. The van der Waals surface area contributed by atoms with Crippen molar-refractivity contribution in [1.82, 2.24) is 29.9 Å². The normalized spacial score (nSPS) is 16.9. The number of carbonyl (C=O) groups is 1. The van der Waals surface area contributed by atoms with Crippen LogP contribution in [-0.4, -0.2) is 61.4 Å². The van der Waals surface area contributed by atoms with Crippen molar-refractivity contribution in [1.29, 1.82) is 0 Å². The van der Waals surface area contributed by atoms with Crippen molar-refractivity contribution in [3.63, 3.8) is 0 Å². The van der Waals surface area contributed by atoms with E-state index in [1.54, 1.807) is 17.0 Å². The Bertz CT molecular complexity index is 1020. The Kier molecular flexibility index (Phi) is 4.96. The van der Waals surface area contributed by atoms with Crippen LogP contribution in [0.15, 0.2) is 36.7 Å². The summed E-state index contributed by atoms with van der Waals surface area (Å²) in [5.41, 5.74) is 2.11. The predicted octanol–water partition coefficient (Wildman–Crippen LogP) is 2.16. The zero-order valence-corrected chi connectivity index (χ0v) is 16.6. The number of nitrogens with zero attached hydrogens (tertiary/aromatic N) is 7. The minimum absolute atomic E-state index is 0.0216. The number of benzene rings is 1. The summed E-state index contributed by atoms with van der Waals surface area (Å²) in [4.78, 5) is 27.3. The molecule has 1 amide bonds. The van der Waals surface area contributed by atoms with Gasteiger partial charge < -0.3 is 9.80 Å². The molecule has 1 aliphatic heterocycles. The highest BCUT2D eigenvalue weighted by Crippen LogP contribution is 2.23. The number of halogens is 1. The maximum Gasteiger partial charge on any atom is 0.259 e. The van der Waals surface area contributed by atoms with Gasteiger partial charge in [0.05, 0.1) is 12.4 Å². The van der Waals surface area contributed by atoms with Gasteiger partial charge in [0.1, 0.15) is 17.1 Å². The van der Waals surface area contributed by atoms with Crippen LogP contribution in [0, 0.1) is 19.7 Å². The molecule has 9 heteroatoms. The summed E-state index contributed by atoms with van der Waals surface area (Å²) in [7, 11) is 0. The number of aromatic nitrogens is 5. The molecule has 0 aliphatic carbocycles. The SMILES string of the molecule is Cc1cc(C)nc(N2CCN(C(=O)c3c(F)cccc3-n3nccn3)[C@H](C)C2)n1. The number of rotatable bonds is 3. The van der Waals surface area contributed by atoms with Crippen LogP contribution in [0.2, 0.25) is 0 Å². The topological polar surface area (TPSA) is 80.0 Å². The van der Waals surface area contributed by atoms with Gasteiger partial charge in [0, 0.05) is 37.1 Å². The molecule has 0 N–H and O–H groups in total. The molecule has 8 nitrogen and oxygen atoms in total. The molecule has 0 spiro atoms. The summed E-state index contributed by atoms with van der Waals surface area (Å²) in [5, 5.41) is 8.09. The number of carbonyl (C=O) groups excluding carboxylic acids is 1. The van der Waals surface area contributed by atoms with Gasteiger partial charge >= 0.3 is 0 Å². The molecular weight excluding hydrogens is 373 g/mol. The predicted molar refractivity (Wildman–Crippen MR) is 106 cm³/mol. The van der Waals surface area contributed by atoms with Crippen LogP contribution in [0.4, 0.5) is 10.3 Å². The van der Waals surface area contributed by atoms with E-state index in [0.717, 1.165) is 11.4 Å². The Hall–Kier alpha value is -3.36. The first-order valence-corrected chi connectivity index (χ1v) is 9.47. The van der Waals surface area contributed by atoms with Crippen molar-refractivity contribution in [3.8, 4) is 5.69 Å². The van der Waals surface area contributed by atoms with Gasteiger partial charge in [-0.3, -0.25) is 4.79 Å². The summed E-state index contributed by atoms with van der Waals surface area (Å²) >= 11 is 0. The molecule has 3 heterocycles. The summed E-state index contributed by atoms with van der Waals surface area (Å²) in [6, 6.07) is 6.25. The van der Waals surface area contributed by atoms with E-state index in [9.17, 15) is 9.18 Å². The fraction of sp³-hybridized carbons (Fsp3) is 0.350. The third kappa shape index (κ3) is 3.67. The van der Waals surface area contributed by atoms with Crippen molar-refractivity contribution >= 4 is 11.9 Å². The van der Waals surface area contributed by atoms with Crippen LogP contribution >= 0.6 is 0 Å². The van der Waals surface area contributed by atoms with Gasteiger partial charge in [0.25, 0.3) is 5.91 Å². The van der Waals surface area contributed by atoms with Crippen molar-refractivity contribution in [2.24, 2.45) is 0 Å². The van der Waals surface area contributed by atoms with E-state index in [0.29, 0.717) is 31.3 Å². The van der Waals surface area contributed by atoms with Gasteiger partial charge in [-0.2, -0.15) is 15.0 Å². The van der Waals surface area contributed by atoms with E-state index in [4.69, 9.17) is 0 Å². The summed E-state index contributed by atoms with van der Waals surface area (Å²) in [5.74, 6) is -0.297. The lowest BCUT2D eigenvalue weighted by Gasteiger charge is -2.40. The third-order valence-electron chi connectivity index (χ3n) is 4.98. The third-order valence-corrected chi connectivity index (χ3v) is 4.98.